The molecule has 2 heteroatoms. The fourth-order valence-electron chi connectivity index (χ4n) is 4.53. The highest BCUT2D eigenvalue weighted by molar-refractivity contribution is 5.82. The summed E-state index contributed by atoms with van der Waals surface area (Å²) < 4.78 is 5.29. The van der Waals surface area contributed by atoms with Crippen LogP contribution in [-0.4, -0.2) is 12.6 Å². The fraction of sp³-hybridized carbons (Fsp3) is 0.794. The molecular formula is C34H62O2. The maximum Gasteiger partial charge on any atom is 0.330 e. The van der Waals surface area contributed by atoms with E-state index in [4.69, 9.17) is 4.74 Å². The summed E-state index contributed by atoms with van der Waals surface area (Å²) in [5.74, 6) is -0.229. The predicted molar refractivity (Wildman–Crippen MR) is 161 cm³/mol. The van der Waals surface area contributed by atoms with Crippen molar-refractivity contribution in [3.63, 3.8) is 0 Å². The number of unbranched alkanes of at least 4 members (excludes halogenated alkanes) is 22. The third-order valence-corrected chi connectivity index (χ3v) is 6.92. The summed E-state index contributed by atoms with van der Waals surface area (Å²) in [6.07, 6.45) is 43.8. The molecule has 210 valence electrons. The average Bonchev–Trinajstić information content (AvgIpc) is 2.88. The second-order valence-corrected chi connectivity index (χ2v) is 10.6. The van der Waals surface area contributed by atoms with Crippen LogP contribution in [0.4, 0.5) is 0 Å². The van der Waals surface area contributed by atoms with Gasteiger partial charge in [0.2, 0.25) is 0 Å². The number of esters is 1. The Morgan fingerprint density at radius 1 is 0.472 bits per heavy atom. The van der Waals surface area contributed by atoms with Gasteiger partial charge in [-0.1, -0.05) is 179 Å². The molecule has 0 aromatic rings. The van der Waals surface area contributed by atoms with Crippen LogP contribution in [0, 0.1) is 0 Å². The Morgan fingerprint density at radius 2 is 0.861 bits per heavy atom. The van der Waals surface area contributed by atoms with Crippen LogP contribution in [0.15, 0.2) is 36.5 Å². The average molecular weight is 503 g/mol. The van der Waals surface area contributed by atoms with E-state index in [0.717, 1.165) is 19.3 Å². The van der Waals surface area contributed by atoms with Crippen molar-refractivity contribution in [2.75, 3.05) is 6.61 Å². The molecule has 0 rings (SSSR count). The zero-order valence-corrected chi connectivity index (χ0v) is 24.5. The molecule has 0 bridgehead atoms. The Labute approximate surface area is 226 Å². The van der Waals surface area contributed by atoms with Crippen molar-refractivity contribution in [2.45, 2.75) is 168 Å². The topological polar surface area (TPSA) is 26.3 Å². The summed E-state index contributed by atoms with van der Waals surface area (Å²) in [5.41, 5.74) is 0. The molecule has 0 radical (unpaired) electrons. The molecule has 0 amide bonds. The van der Waals surface area contributed by atoms with Gasteiger partial charge in [-0.3, -0.25) is 0 Å². The lowest BCUT2D eigenvalue weighted by Gasteiger charge is -2.04. The first-order valence-corrected chi connectivity index (χ1v) is 16.0. The van der Waals surface area contributed by atoms with E-state index in [9.17, 15) is 4.79 Å². The lowest BCUT2D eigenvalue weighted by Crippen LogP contribution is -2.02. The van der Waals surface area contributed by atoms with Crippen LogP contribution in [0.3, 0.4) is 0 Å². The molecule has 0 saturated heterocycles. The van der Waals surface area contributed by atoms with Crippen molar-refractivity contribution in [3.05, 3.63) is 36.5 Å². The molecule has 36 heavy (non-hydrogen) atoms. The SMILES string of the molecule is CCCCCCCCCCCC=CC=CC=CC(=O)OCCCCCCCCCCCCCCCC. The maximum absolute atomic E-state index is 11.7. The van der Waals surface area contributed by atoms with Gasteiger partial charge in [0.1, 0.15) is 0 Å². The second-order valence-electron chi connectivity index (χ2n) is 10.6. The molecular weight excluding hydrogens is 440 g/mol. The minimum Gasteiger partial charge on any atom is -0.463 e. The minimum atomic E-state index is -0.229. The first-order chi connectivity index (χ1) is 17.8. The van der Waals surface area contributed by atoms with Crippen molar-refractivity contribution < 1.29 is 9.53 Å². The minimum absolute atomic E-state index is 0.229. The van der Waals surface area contributed by atoms with Crippen molar-refractivity contribution in [3.8, 4) is 0 Å². The van der Waals surface area contributed by atoms with Crippen molar-refractivity contribution in [1.29, 1.82) is 0 Å². The largest absolute Gasteiger partial charge is 0.463 e. The molecule has 0 saturated carbocycles. The van der Waals surface area contributed by atoms with E-state index >= 15 is 0 Å². The summed E-state index contributed by atoms with van der Waals surface area (Å²) in [5, 5.41) is 0. The Morgan fingerprint density at radius 3 is 1.33 bits per heavy atom. The Kier molecular flexibility index (Phi) is 30.6. The molecule has 0 aromatic heterocycles. The monoisotopic (exact) mass is 502 g/mol. The van der Waals surface area contributed by atoms with E-state index in [2.05, 4.69) is 26.0 Å². The van der Waals surface area contributed by atoms with Gasteiger partial charge in [-0.05, 0) is 19.3 Å². The lowest BCUT2D eigenvalue weighted by atomic mass is 10.0. The van der Waals surface area contributed by atoms with Gasteiger partial charge < -0.3 is 4.74 Å². The second kappa shape index (κ2) is 31.7. The first kappa shape index (κ1) is 34.7. The Balaban J connectivity index is 3.36. The lowest BCUT2D eigenvalue weighted by molar-refractivity contribution is -0.137. The van der Waals surface area contributed by atoms with Crippen LogP contribution < -0.4 is 0 Å². The quantitative estimate of drug-likeness (QED) is 0.0460. The number of carbonyl (C=O) groups is 1. The van der Waals surface area contributed by atoms with Gasteiger partial charge in [-0.2, -0.15) is 0 Å². The van der Waals surface area contributed by atoms with Crippen molar-refractivity contribution >= 4 is 5.97 Å². The summed E-state index contributed by atoms with van der Waals surface area (Å²) in [6.45, 7) is 5.10. The molecule has 0 spiro atoms. The highest BCUT2D eigenvalue weighted by Gasteiger charge is 1.97. The van der Waals surface area contributed by atoms with Crippen LogP contribution in [-0.2, 0) is 9.53 Å². The van der Waals surface area contributed by atoms with Gasteiger partial charge in [0.15, 0.2) is 0 Å². The third-order valence-electron chi connectivity index (χ3n) is 6.92. The van der Waals surface area contributed by atoms with Gasteiger partial charge in [-0.25, -0.2) is 4.79 Å². The summed E-state index contributed by atoms with van der Waals surface area (Å²) in [6, 6.07) is 0. The molecule has 0 unspecified atom stereocenters. The fourth-order valence-corrected chi connectivity index (χ4v) is 4.53. The smallest absolute Gasteiger partial charge is 0.330 e. The van der Waals surface area contributed by atoms with Gasteiger partial charge in [-0.15, -0.1) is 0 Å². The van der Waals surface area contributed by atoms with Crippen LogP contribution >= 0.6 is 0 Å². The molecule has 0 aliphatic rings. The summed E-state index contributed by atoms with van der Waals surface area (Å²) in [7, 11) is 0. The van der Waals surface area contributed by atoms with Crippen LogP contribution in [0.2, 0.25) is 0 Å². The van der Waals surface area contributed by atoms with E-state index in [1.165, 1.54) is 141 Å². The van der Waals surface area contributed by atoms with E-state index < -0.39 is 0 Å². The van der Waals surface area contributed by atoms with E-state index in [1.807, 2.05) is 12.2 Å². The highest BCUT2D eigenvalue weighted by Crippen LogP contribution is 2.13. The number of hydrogen-bond acceptors (Lipinski definition) is 2. The van der Waals surface area contributed by atoms with Gasteiger partial charge in [0.05, 0.1) is 6.61 Å². The number of rotatable bonds is 28. The zero-order chi connectivity index (χ0) is 26.2. The van der Waals surface area contributed by atoms with Crippen molar-refractivity contribution in [2.24, 2.45) is 0 Å². The number of ether oxygens (including phenoxy) is 1. The van der Waals surface area contributed by atoms with Gasteiger partial charge >= 0.3 is 5.97 Å². The van der Waals surface area contributed by atoms with Crippen LogP contribution in [0.1, 0.15) is 168 Å². The molecule has 2 nitrogen and oxygen atoms in total. The third kappa shape index (κ3) is 30.7. The van der Waals surface area contributed by atoms with Gasteiger partial charge in [0, 0.05) is 6.08 Å². The van der Waals surface area contributed by atoms with Crippen LogP contribution in [0.5, 0.6) is 0 Å². The summed E-state index contributed by atoms with van der Waals surface area (Å²) in [4.78, 5) is 11.7. The van der Waals surface area contributed by atoms with E-state index in [-0.39, 0.29) is 5.97 Å². The van der Waals surface area contributed by atoms with Gasteiger partial charge in [0.25, 0.3) is 0 Å². The van der Waals surface area contributed by atoms with E-state index in [0.29, 0.717) is 6.61 Å². The molecule has 0 heterocycles. The van der Waals surface area contributed by atoms with Crippen molar-refractivity contribution in [1.82, 2.24) is 0 Å². The molecule has 0 aliphatic heterocycles. The summed E-state index contributed by atoms with van der Waals surface area (Å²) >= 11 is 0. The number of hydrogen-bond donors (Lipinski definition) is 0. The molecule has 0 N–H and O–H groups in total. The predicted octanol–water partition coefficient (Wildman–Crippen LogP) is 11.6. The molecule has 0 aliphatic carbocycles. The zero-order valence-electron chi connectivity index (χ0n) is 24.5. The molecule has 0 fully saturated rings. The standard InChI is InChI=1S/C34H62O2/c1-3-5-7-9-11-13-15-17-19-20-22-24-26-28-30-32-34(35)36-33-31-29-27-25-23-21-18-16-14-12-10-8-6-4-2/h22,24,26,28,30,32H,3-21,23,25,27,29,31,33H2,1-2H3. The molecule has 0 atom stereocenters. The van der Waals surface area contributed by atoms with E-state index in [1.54, 1.807) is 6.08 Å². The highest BCUT2D eigenvalue weighted by atomic mass is 16.5. The normalized spacial score (nSPS) is 11.9. The number of carbonyl (C=O) groups excluding carboxylic acids is 1. The van der Waals surface area contributed by atoms with Crippen LogP contribution in [0.25, 0.3) is 0 Å². The Bertz CT molecular complexity index is 517. The first-order valence-electron chi connectivity index (χ1n) is 16.0. The number of allylic oxidation sites excluding steroid dienone is 5. The maximum atomic E-state index is 11.7. The Hall–Kier alpha value is -1.31. The molecule has 0 aromatic carbocycles.